The van der Waals surface area contributed by atoms with E-state index < -0.39 is 17.8 Å². The third-order valence-corrected chi connectivity index (χ3v) is 7.18. The van der Waals surface area contributed by atoms with E-state index in [9.17, 15) is 15.0 Å². The van der Waals surface area contributed by atoms with Gasteiger partial charge in [0.25, 0.3) is 0 Å². The van der Waals surface area contributed by atoms with Gasteiger partial charge in [0.2, 0.25) is 0 Å². The predicted octanol–water partition coefficient (Wildman–Crippen LogP) is 4.79. The second-order valence-electron chi connectivity index (χ2n) is 10.8. The van der Waals surface area contributed by atoms with Crippen LogP contribution in [0.25, 0.3) is 0 Å². The van der Waals surface area contributed by atoms with Crippen molar-refractivity contribution in [2.24, 2.45) is 11.3 Å². The minimum Gasteiger partial charge on any atom is -0.458 e. The van der Waals surface area contributed by atoms with Gasteiger partial charge in [0.1, 0.15) is 12.2 Å². The number of aliphatic hydroxyl groups excluding tert-OH is 2. The summed E-state index contributed by atoms with van der Waals surface area (Å²) < 4.78 is 11.3. The highest BCUT2D eigenvalue weighted by atomic mass is 16.6. The molecular weight excluding hydrogens is 404 g/mol. The molecule has 2 saturated carbocycles. The predicted molar refractivity (Wildman–Crippen MR) is 126 cm³/mol. The van der Waals surface area contributed by atoms with Crippen LogP contribution in [-0.4, -0.2) is 46.7 Å². The first kappa shape index (κ1) is 24.9. The van der Waals surface area contributed by atoms with Crippen LogP contribution in [-0.2, 0) is 14.3 Å². The number of fused-ring (bicyclic) bond motifs is 1. The zero-order chi connectivity index (χ0) is 23.7. The van der Waals surface area contributed by atoms with Crippen LogP contribution < -0.4 is 0 Å². The van der Waals surface area contributed by atoms with E-state index >= 15 is 0 Å². The fourth-order valence-corrected chi connectivity index (χ4v) is 5.60. The Morgan fingerprint density at radius 2 is 2.06 bits per heavy atom. The quantitative estimate of drug-likeness (QED) is 0.471. The monoisotopic (exact) mass is 444 g/mol. The van der Waals surface area contributed by atoms with Crippen LogP contribution in [0.2, 0.25) is 0 Å². The molecule has 3 aliphatic carbocycles. The van der Waals surface area contributed by atoms with Crippen LogP contribution in [0.1, 0.15) is 73.1 Å². The standard InChI is InChI=1S/C27H40O5/c1-17-20(14-21(28)15-24(17)29)10-9-19-8-7-13-27(6)22(11-12-23(19)27)18(2)31-16-25(30)32-26(3,4)5/h9-11,18,21,23-24,28-29H,1,7-8,12-16H2,2-6H3/b19-9+,20-10-/t18-,21+,23?,24-,27+/m0/s1. The van der Waals surface area contributed by atoms with E-state index in [1.807, 2.05) is 27.7 Å². The molecule has 3 aliphatic rings. The van der Waals surface area contributed by atoms with Gasteiger partial charge in [-0.15, -0.1) is 0 Å². The SMILES string of the molecule is C=C1/C(=C\C=C2/CCC[C@]3(C)C([C@H](C)OCC(=O)OC(C)(C)C)=CCC23)C[C@@H](O)C[C@@H]1O. The van der Waals surface area contributed by atoms with Crippen LogP contribution >= 0.6 is 0 Å². The highest BCUT2D eigenvalue weighted by Crippen LogP contribution is 2.55. The average Bonchev–Trinajstić information content (AvgIpc) is 3.04. The van der Waals surface area contributed by atoms with Crippen LogP contribution in [0.4, 0.5) is 0 Å². The lowest BCUT2D eigenvalue weighted by atomic mass is 9.63. The molecule has 0 amide bonds. The maximum Gasteiger partial charge on any atom is 0.332 e. The largest absolute Gasteiger partial charge is 0.458 e. The van der Waals surface area contributed by atoms with Crippen LogP contribution in [0.15, 0.2) is 47.1 Å². The Kier molecular flexibility index (Phi) is 7.53. The third-order valence-electron chi connectivity index (χ3n) is 7.18. The Balaban J connectivity index is 1.69. The van der Waals surface area contributed by atoms with Gasteiger partial charge in [-0.25, -0.2) is 4.79 Å². The smallest absolute Gasteiger partial charge is 0.332 e. The summed E-state index contributed by atoms with van der Waals surface area (Å²) in [7, 11) is 0. The van der Waals surface area contributed by atoms with Crippen molar-refractivity contribution in [3.63, 3.8) is 0 Å². The average molecular weight is 445 g/mol. The minimum absolute atomic E-state index is 0.0124. The Labute approximate surface area is 192 Å². The normalized spacial score (nSPS) is 34.4. The van der Waals surface area contributed by atoms with Gasteiger partial charge in [-0.2, -0.15) is 0 Å². The Morgan fingerprint density at radius 1 is 1.34 bits per heavy atom. The number of carbonyl (C=O) groups is 1. The highest BCUT2D eigenvalue weighted by molar-refractivity contribution is 5.71. The minimum atomic E-state index is -0.664. The molecule has 1 unspecified atom stereocenters. The van der Waals surface area contributed by atoms with Gasteiger partial charge in [-0.1, -0.05) is 37.3 Å². The van der Waals surface area contributed by atoms with Crippen molar-refractivity contribution in [2.45, 2.75) is 97.1 Å². The molecule has 0 aromatic rings. The fourth-order valence-electron chi connectivity index (χ4n) is 5.60. The second-order valence-corrected chi connectivity index (χ2v) is 10.8. The van der Waals surface area contributed by atoms with E-state index in [1.165, 1.54) is 11.1 Å². The molecule has 2 fully saturated rings. The first-order chi connectivity index (χ1) is 14.9. The number of hydrogen-bond donors (Lipinski definition) is 2. The van der Waals surface area contributed by atoms with Crippen LogP contribution in [0, 0.1) is 11.3 Å². The van der Waals surface area contributed by atoms with Crippen molar-refractivity contribution in [3.05, 3.63) is 47.1 Å². The molecule has 0 bridgehead atoms. The van der Waals surface area contributed by atoms with E-state index in [-0.39, 0.29) is 24.1 Å². The van der Waals surface area contributed by atoms with E-state index in [2.05, 4.69) is 31.7 Å². The van der Waals surface area contributed by atoms with E-state index in [4.69, 9.17) is 9.47 Å². The maximum atomic E-state index is 12.1. The molecule has 178 valence electrons. The van der Waals surface area contributed by atoms with Gasteiger partial charge in [0, 0.05) is 6.42 Å². The lowest BCUT2D eigenvalue weighted by molar-refractivity contribution is -0.161. The highest BCUT2D eigenvalue weighted by Gasteiger charge is 2.46. The molecule has 5 nitrogen and oxygen atoms in total. The van der Waals surface area contributed by atoms with Gasteiger partial charge in [0.05, 0.1) is 18.3 Å². The zero-order valence-corrected chi connectivity index (χ0v) is 20.3. The Morgan fingerprint density at radius 3 is 2.75 bits per heavy atom. The van der Waals surface area contributed by atoms with Gasteiger partial charge in [-0.3, -0.25) is 0 Å². The second kappa shape index (κ2) is 9.66. The van der Waals surface area contributed by atoms with Gasteiger partial charge >= 0.3 is 5.97 Å². The summed E-state index contributed by atoms with van der Waals surface area (Å²) in [5.74, 6) is 0.0694. The molecule has 2 N–H and O–H groups in total. The summed E-state index contributed by atoms with van der Waals surface area (Å²) in [6.45, 7) is 13.9. The molecule has 0 spiro atoms. The van der Waals surface area contributed by atoms with Crippen molar-refractivity contribution in [1.29, 1.82) is 0 Å². The molecule has 0 aromatic heterocycles. The number of esters is 1. The summed E-state index contributed by atoms with van der Waals surface area (Å²) in [6.07, 6.45) is 10.3. The van der Waals surface area contributed by atoms with Gasteiger partial charge in [-0.05, 0) is 87.9 Å². The van der Waals surface area contributed by atoms with E-state index in [0.717, 1.165) is 36.8 Å². The molecule has 0 heterocycles. The number of hydrogen-bond acceptors (Lipinski definition) is 5. The van der Waals surface area contributed by atoms with Crippen molar-refractivity contribution in [3.8, 4) is 0 Å². The summed E-state index contributed by atoms with van der Waals surface area (Å²) in [5.41, 5.74) is 3.84. The van der Waals surface area contributed by atoms with Crippen molar-refractivity contribution < 1.29 is 24.5 Å². The van der Waals surface area contributed by atoms with E-state index in [1.54, 1.807) is 0 Å². The topological polar surface area (TPSA) is 76.0 Å². The first-order valence-electron chi connectivity index (χ1n) is 11.9. The maximum absolute atomic E-state index is 12.1. The molecule has 0 radical (unpaired) electrons. The number of ether oxygens (including phenoxy) is 2. The summed E-state index contributed by atoms with van der Waals surface area (Å²) in [4.78, 5) is 12.1. The molecule has 3 rings (SSSR count). The summed E-state index contributed by atoms with van der Waals surface area (Å²) in [6, 6.07) is 0. The van der Waals surface area contributed by atoms with Crippen molar-refractivity contribution in [1.82, 2.24) is 0 Å². The van der Waals surface area contributed by atoms with Crippen molar-refractivity contribution >= 4 is 5.97 Å². The molecule has 0 aliphatic heterocycles. The lowest BCUT2D eigenvalue weighted by Gasteiger charge is -2.42. The molecular formula is C27H40O5. The van der Waals surface area contributed by atoms with Crippen LogP contribution in [0.3, 0.4) is 0 Å². The fraction of sp³-hybridized carbons (Fsp3) is 0.667. The Hall–Kier alpha value is -1.69. The Bertz CT molecular complexity index is 827. The number of allylic oxidation sites excluding steroid dienone is 4. The van der Waals surface area contributed by atoms with Gasteiger partial charge < -0.3 is 19.7 Å². The van der Waals surface area contributed by atoms with Crippen molar-refractivity contribution in [2.75, 3.05) is 6.61 Å². The number of rotatable bonds is 5. The third kappa shape index (κ3) is 5.62. The summed E-state index contributed by atoms with van der Waals surface area (Å²) >= 11 is 0. The van der Waals surface area contributed by atoms with Gasteiger partial charge in [0.15, 0.2) is 0 Å². The molecule has 5 heteroatoms. The van der Waals surface area contributed by atoms with Crippen LogP contribution in [0.5, 0.6) is 0 Å². The molecule has 0 saturated heterocycles. The number of carbonyl (C=O) groups excluding carboxylic acids is 1. The molecule has 32 heavy (non-hydrogen) atoms. The lowest BCUT2D eigenvalue weighted by Crippen LogP contribution is -2.35. The zero-order valence-electron chi connectivity index (χ0n) is 20.3. The summed E-state index contributed by atoms with van der Waals surface area (Å²) in [5, 5.41) is 20.1. The first-order valence-corrected chi connectivity index (χ1v) is 11.9. The number of aliphatic hydroxyl groups is 2. The van der Waals surface area contributed by atoms with E-state index in [0.29, 0.717) is 18.8 Å². The molecule has 0 aromatic carbocycles. The molecule has 5 atom stereocenters.